The zero-order valence-electron chi connectivity index (χ0n) is 15.0. The number of aryl methyl sites for hydroxylation is 1. The first-order valence-corrected chi connectivity index (χ1v) is 9.23. The van der Waals surface area contributed by atoms with Crippen molar-refractivity contribution in [1.82, 2.24) is 10.3 Å². The molecule has 0 aliphatic rings. The molecular weight excluding hydrogens is 402 g/mol. The number of hydrogen-bond acceptors (Lipinski definition) is 3. The summed E-state index contributed by atoms with van der Waals surface area (Å²) in [7, 11) is 0. The third-order valence-corrected chi connectivity index (χ3v) is 4.98. The number of amides is 1. The summed E-state index contributed by atoms with van der Waals surface area (Å²) >= 11 is 11.9. The summed E-state index contributed by atoms with van der Waals surface area (Å²) in [4.78, 5) is 16.5. The maximum Gasteiger partial charge on any atom is 0.251 e. The van der Waals surface area contributed by atoms with Crippen LogP contribution in [0.15, 0.2) is 48.5 Å². The number of carbonyl (C=O) groups excluding carboxylic acids is 1. The van der Waals surface area contributed by atoms with E-state index in [-0.39, 0.29) is 19.1 Å². The van der Waals surface area contributed by atoms with Crippen molar-refractivity contribution in [2.24, 2.45) is 0 Å². The van der Waals surface area contributed by atoms with Gasteiger partial charge in [-0.1, -0.05) is 29.3 Å². The van der Waals surface area contributed by atoms with Gasteiger partial charge >= 0.3 is 0 Å². The molecule has 4 nitrogen and oxygen atoms in total. The van der Waals surface area contributed by atoms with E-state index in [0.29, 0.717) is 38.0 Å². The third-order valence-electron chi connectivity index (χ3n) is 4.24. The predicted molar refractivity (Wildman–Crippen MR) is 108 cm³/mol. The second-order valence-corrected chi connectivity index (χ2v) is 7.09. The van der Waals surface area contributed by atoms with Gasteiger partial charge in [0.25, 0.3) is 5.91 Å². The number of rotatable bonds is 5. The molecular formula is C21H17Cl2FN2O2. The van der Waals surface area contributed by atoms with Gasteiger partial charge in [0, 0.05) is 23.4 Å². The molecule has 0 fully saturated rings. The minimum absolute atomic E-state index is 0.228. The highest BCUT2D eigenvalue weighted by Crippen LogP contribution is 2.26. The van der Waals surface area contributed by atoms with Gasteiger partial charge in [0.1, 0.15) is 0 Å². The molecule has 3 rings (SSSR count). The van der Waals surface area contributed by atoms with Crippen LogP contribution in [0.5, 0.6) is 0 Å². The number of halogens is 3. The van der Waals surface area contributed by atoms with Crippen LogP contribution in [0.1, 0.15) is 27.2 Å². The van der Waals surface area contributed by atoms with Crippen molar-refractivity contribution in [2.75, 3.05) is 0 Å². The maximum atomic E-state index is 13.3. The summed E-state index contributed by atoms with van der Waals surface area (Å²) in [5, 5.41) is 13.2. The van der Waals surface area contributed by atoms with Crippen LogP contribution in [0.2, 0.25) is 10.0 Å². The predicted octanol–water partition coefficient (Wildman–Crippen LogP) is 4.93. The first-order chi connectivity index (χ1) is 13.4. The number of aliphatic hydroxyl groups excluding tert-OH is 1. The van der Waals surface area contributed by atoms with Gasteiger partial charge in [-0.3, -0.25) is 4.79 Å². The molecule has 1 aromatic heterocycles. The molecule has 7 heteroatoms. The molecule has 0 aliphatic heterocycles. The van der Waals surface area contributed by atoms with Crippen LogP contribution in [0.25, 0.3) is 11.1 Å². The van der Waals surface area contributed by atoms with Gasteiger partial charge in [-0.2, -0.15) is 4.39 Å². The fraction of sp³-hybridized carbons (Fsp3) is 0.143. The fourth-order valence-corrected chi connectivity index (χ4v) is 3.16. The van der Waals surface area contributed by atoms with Gasteiger partial charge in [-0.25, -0.2) is 4.98 Å². The van der Waals surface area contributed by atoms with E-state index in [4.69, 9.17) is 23.2 Å². The van der Waals surface area contributed by atoms with Crippen LogP contribution in [-0.4, -0.2) is 16.0 Å². The number of nitrogens with zero attached hydrogens (tertiary/aromatic N) is 1. The molecule has 3 aromatic rings. The molecule has 0 radical (unpaired) electrons. The summed E-state index contributed by atoms with van der Waals surface area (Å²) in [6.07, 6.45) is 0. The summed E-state index contributed by atoms with van der Waals surface area (Å²) < 4.78 is 13.3. The number of carbonyl (C=O) groups is 1. The lowest BCUT2D eigenvalue weighted by atomic mass is 9.98. The standard InChI is InChI=1S/C21H17Cl2FN2O2/c1-12-17(3-5-20(24)26-12)15-6-14(11-27)7-16(9-15)21(28)25-10-13-2-4-18(22)19(23)8-13/h2-9,27H,10-11H2,1H3,(H,25,28). The highest BCUT2D eigenvalue weighted by molar-refractivity contribution is 6.42. The van der Waals surface area contributed by atoms with E-state index < -0.39 is 5.95 Å². The average molecular weight is 419 g/mol. The smallest absolute Gasteiger partial charge is 0.251 e. The van der Waals surface area contributed by atoms with Gasteiger partial charge < -0.3 is 10.4 Å². The molecule has 0 aliphatic carbocycles. The summed E-state index contributed by atoms with van der Waals surface area (Å²) in [5.41, 5.74) is 3.62. The Morgan fingerprint density at radius 2 is 1.86 bits per heavy atom. The van der Waals surface area contributed by atoms with E-state index in [2.05, 4.69) is 10.3 Å². The normalized spacial score (nSPS) is 10.8. The Morgan fingerprint density at radius 1 is 1.07 bits per heavy atom. The van der Waals surface area contributed by atoms with Crippen molar-refractivity contribution >= 4 is 29.1 Å². The van der Waals surface area contributed by atoms with Crippen molar-refractivity contribution in [2.45, 2.75) is 20.1 Å². The van der Waals surface area contributed by atoms with Crippen molar-refractivity contribution in [3.63, 3.8) is 0 Å². The Balaban J connectivity index is 1.86. The monoisotopic (exact) mass is 418 g/mol. The Hall–Kier alpha value is -2.47. The van der Waals surface area contributed by atoms with Gasteiger partial charge in [0.15, 0.2) is 0 Å². The number of benzene rings is 2. The second kappa shape index (κ2) is 8.69. The van der Waals surface area contributed by atoms with Crippen LogP contribution >= 0.6 is 23.2 Å². The van der Waals surface area contributed by atoms with Crippen LogP contribution in [0.3, 0.4) is 0 Å². The highest BCUT2D eigenvalue weighted by Gasteiger charge is 2.12. The first kappa shape index (κ1) is 20.3. The van der Waals surface area contributed by atoms with Crippen molar-refractivity contribution in [1.29, 1.82) is 0 Å². The number of hydrogen-bond donors (Lipinski definition) is 2. The van der Waals surface area contributed by atoms with Gasteiger partial charge in [-0.15, -0.1) is 0 Å². The molecule has 0 saturated heterocycles. The lowest BCUT2D eigenvalue weighted by Gasteiger charge is -2.11. The maximum absolute atomic E-state index is 13.3. The molecule has 0 unspecified atom stereocenters. The topological polar surface area (TPSA) is 62.2 Å². The van der Waals surface area contributed by atoms with Gasteiger partial charge in [0.05, 0.1) is 16.7 Å². The zero-order valence-corrected chi connectivity index (χ0v) is 16.5. The molecule has 144 valence electrons. The van der Waals surface area contributed by atoms with Gasteiger partial charge in [0.2, 0.25) is 5.95 Å². The van der Waals surface area contributed by atoms with Gasteiger partial charge in [-0.05, 0) is 66.1 Å². The van der Waals surface area contributed by atoms with Crippen LogP contribution in [-0.2, 0) is 13.2 Å². The Labute approximate surface area is 172 Å². The van der Waals surface area contributed by atoms with Crippen LogP contribution < -0.4 is 5.32 Å². The molecule has 1 heterocycles. The molecule has 0 spiro atoms. The number of pyridine rings is 1. The largest absolute Gasteiger partial charge is 0.392 e. The SMILES string of the molecule is Cc1nc(F)ccc1-c1cc(CO)cc(C(=O)NCc2ccc(Cl)c(Cl)c2)c1. The molecule has 2 aromatic carbocycles. The number of aromatic nitrogens is 1. The van der Waals surface area contributed by atoms with Crippen LogP contribution in [0.4, 0.5) is 4.39 Å². The quantitative estimate of drug-likeness (QED) is 0.577. The van der Waals surface area contributed by atoms with Crippen molar-refractivity contribution < 1.29 is 14.3 Å². The third kappa shape index (κ3) is 4.68. The molecule has 1 amide bonds. The van der Waals surface area contributed by atoms with E-state index in [1.807, 2.05) is 0 Å². The summed E-state index contributed by atoms with van der Waals surface area (Å²) in [6, 6.07) is 13.0. The first-order valence-electron chi connectivity index (χ1n) is 8.48. The summed E-state index contributed by atoms with van der Waals surface area (Å²) in [6.45, 7) is 1.73. The lowest BCUT2D eigenvalue weighted by molar-refractivity contribution is 0.0950. The fourth-order valence-electron chi connectivity index (χ4n) is 2.84. The second-order valence-electron chi connectivity index (χ2n) is 6.27. The van der Waals surface area contributed by atoms with E-state index in [1.54, 1.807) is 49.4 Å². The zero-order chi connectivity index (χ0) is 20.3. The molecule has 28 heavy (non-hydrogen) atoms. The Bertz CT molecular complexity index is 1040. The Morgan fingerprint density at radius 3 is 2.54 bits per heavy atom. The highest BCUT2D eigenvalue weighted by atomic mass is 35.5. The van der Waals surface area contributed by atoms with E-state index in [1.165, 1.54) is 6.07 Å². The van der Waals surface area contributed by atoms with Crippen molar-refractivity contribution in [3.8, 4) is 11.1 Å². The number of nitrogens with one attached hydrogen (secondary N) is 1. The molecule has 0 bridgehead atoms. The van der Waals surface area contributed by atoms with Crippen LogP contribution in [0, 0.1) is 12.9 Å². The minimum atomic E-state index is -0.570. The molecule has 0 saturated carbocycles. The van der Waals surface area contributed by atoms with E-state index >= 15 is 0 Å². The van der Waals surface area contributed by atoms with Crippen molar-refractivity contribution in [3.05, 3.63) is 86.9 Å². The number of aliphatic hydroxyl groups is 1. The Kier molecular flexibility index (Phi) is 6.29. The molecule has 0 atom stereocenters. The molecule has 2 N–H and O–H groups in total. The van der Waals surface area contributed by atoms with E-state index in [9.17, 15) is 14.3 Å². The minimum Gasteiger partial charge on any atom is -0.392 e. The van der Waals surface area contributed by atoms with E-state index in [0.717, 1.165) is 5.56 Å². The summed E-state index contributed by atoms with van der Waals surface area (Å²) in [5.74, 6) is -0.880. The lowest BCUT2D eigenvalue weighted by Crippen LogP contribution is -2.23. The average Bonchev–Trinajstić information content (AvgIpc) is 2.68.